The molecule has 3 rings (SSSR count). The molecule has 0 unspecified atom stereocenters. The highest BCUT2D eigenvalue weighted by Gasteiger charge is 2.17. The van der Waals surface area contributed by atoms with Crippen molar-refractivity contribution in [1.29, 1.82) is 0 Å². The highest BCUT2D eigenvalue weighted by atomic mass is 35.5. The van der Waals surface area contributed by atoms with Crippen LogP contribution < -0.4 is 4.74 Å². The highest BCUT2D eigenvalue weighted by Crippen LogP contribution is 2.32. The molecule has 0 saturated carbocycles. The molecule has 0 radical (unpaired) electrons. The van der Waals surface area contributed by atoms with E-state index < -0.39 is 5.97 Å². The lowest BCUT2D eigenvalue weighted by Gasteiger charge is -2.15. The summed E-state index contributed by atoms with van der Waals surface area (Å²) in [6, 6.07) is 9.40. The molecule has 2 aromatic carbocycles. The monoisotopic (exact) mass is 400 g/mol. The number of hydrogen-bond acceptors (Lipinski definition) is 4. The van der Waals surface area contributed by atoms with Crippen LogP contribution in [0.15, 0.2) is 30.3 Å². The van der Waals surface area contributed by atoms with Gasteiger partial charge in [-0.2, -0.15) is 0 Å². The van der Waals surface area contributed by atoms with Gasteiger partial charge in [-0.15, -0.1) is 0 Å². The number of ether oxygens (including phenoxy) is 2. The van der Waals surface area contributed by atoms with Gasteiger partial charge in [-0.05, 0) is 72.6 Å². The van der Waals surface area contributed by atoms with E-state index >= 15 is 0 Å². The van der Waals surface area contributed by atoms with E-state index in [1.54, 1.807) is 0 Å². The first-order valence-corrected chi connectivity index (χ1v) is 9.96. The smallest absolute Gasteiger partial charge is 0.344 e. The van der Waals surface area contributed by atoms with Crippen molar-refractivity contribution in [3.8, 4) is 5.75 Å². The molecule has 0 aliphatic heterocycles. The summed E-state index contributed by atoms with van der Waals surface area (Å²) in [5.74, 6) is 0.0365. The first-order valence-electron chi connectivity index (χ1n) is 9.58. The van der Waals surface area contributed by atoms with E-state index in [-0.39, 0.29) is 24.9 Å². The molecule has 0 fully saturated rings. The third-order valence-electron chi connectivity index (χ3n) is 5.04. The summed E-state index contributed by atoms with van der Waals surface area (Å²) in [5, 5.41) is 0.665. The number of carbonyl (C=O) groups is 2. The average molecular weight is 401 g/mol. The van der Waals surface area contributed by atoms with E-state index in [1.165, 1.54) is 11.1 Å². The fourth-order valence-electron chi connectivity index (χ4n) is 3.40. The van der Waals surface area contributed by atoms with Gasteiger partial charge in [-0.3, -0.25) is 4.79 Å². The van der Waals surface area contributed by atoms with Gasteiger partial charge in [0.05, 0.1) is 0 Å². The minimum Gasteiger partial charge on any atom is -0.482 e. The van der Waals surface area contributed by atoms with Crippen LogP contribution in [-0.4, -0.2) is 25.0 Å². The summed E-state index contributed by atoms with van der Waals surface area (Å²) in [5.41, 5.74) is 4.92. The fraction of sp³-hybridized carbons (Fsp3) is 0.391. The number of Topliss-reactive ketones (excluding diaryl/α,β-unsaturated/α-hetero) is 1. The molecular weight excluding hydrogens is 376 g/mol. The van der Waals surface area contributed by atoms with Crippen molar-refractivity contribution in [2.45, 2.75) is 46.0 Å². The van der Waals surface area contributed by atoms with Gasteiger partial charge >= 0.3 is 5.97 Å². The van der Waals surface area contributed by atoms with Crippen LogP contribution in [0.5, 0.6) is 5.75 Å². The zero-order chi connectivity index (χ0) is 20.3. The predicted octanol–water partition coefficient (Wildman–Crippen LogP) is 5.07. The molecule has 0 atom stereocenters. The number of ketones is 1. The van der Waals surface area contributed by atoms with Gasteiger partial charge in [0.15, 0.2) is 19.0 Å². The summed E-state index contributed by atoms with van der Waals surface area (Å²) in [7, 11) is 0. The van der Waals surface area contributed by atoms with Crippen LogP contribution in [0.25, 0.3) is 0 Å². The largest absolute Gasteiger partial charge is 0.482 e. The van der Waals surface area contributed by atoms with Crippen molar-refractivity contribution in [2.24, 2.45) is 0 Å². The van der Waals surface area contributed by atoms with E-state index in [9.17, 15) is 9.59 Å². The maximum atomic E-state index is 12.3. The quantitative estimate of drug-likeness (QED) is 0.481. The second-order valence-electron chi connectivity index (χ2n) is 7.50. The molecule has 4 nitrogen and oxygen atoms in total. The lowest BCUT2D eigenvalue weighted by atomic mass is 10.0. The summed E-state index contributed by atoms with van der Waals surface area (Å²) in [4.78, 5) is 24.4. The summed E-state index contributed by atoms with van der Waals surface area (Å²) < 4.78 is 10.8. The zero-order valence-electron chi connectivity index (χ0n) is 16.5. The van der Waals surface area contributed by atoms with Crippen molar-refractivity contribution in [2.75, 3.05) is 13.2 Å². The number of hydrogen-bond donors (Lipinski definition) is 0. The van der Waals surface area contributed by atoms with Gasteiger partial charge in [0.2, 0.25) is 0 Å². The van der Waals surface area contributed by atoms with Crippen LogP contribution >= 0.6 is 11.6 Å². The second kappa shape index (κ2) is 8.78. The standard InChI is InChI=1S/C23H25ClO4/c1-14(2)19-11-20(24)15(3)9-22(19)27-13-23(26)28-12-21(25)18-8-7-16-5-4-6-17(16)10-18/h7-11,14H,4-6,12-13H2,1-3H3. The Morgan fingerprint density at radius 1 is 1.07 bits per heavy atom. The van der Waals surface area contributed by atoms with Crippen molar-refractivity contribution >= 4 is 23.4 Å². The van der Waals surface area contributed by atoms with E-state index in [0.29, 0.717) is 16.3 Å². The molecule has 0 spiro atoms. The molecule has 148 valence electrons. The SMILES string of the molecule is Cc1cc(OCC(=O)OCC(=O)c2ccc3c(c2)CCC3)c(C(C)C)cc1Cl. The number of halogens is 1. The van der Waals surface area contributed by atoms with Gasteiger partial charge in [0.25, 0.3) is 0 Å². The first-order chi connectivity index (χ1) is 13.3. The van der Waals surface area contributed by atoms with Crippen molar-refractivity contribution < 1.29 is 19.1 Å². The maximum absolute atomic E-state index is 12.3. The second-order valence-corrected chi connectivity index (χ2v) is 7.91. The molecule has 1 aliphatic carbocycles. The molecule has 1 aliphatic rings. The number of esters is 1. The van der Waals surface area contributed by atoms with E-state index in [4.69, 9.17) is 21.1 Å². The van der Waals surface area contributed by atoms with Gasteiger partial charge in [-0.25, -0.2) is 4.79 Å². The Morgan fingerprint density at radius 2 is 1.82 bits per heavy atom. The predicted molar refractivity (Wildman–Crippen MR) is 110 cm³/mol. The summed E-state index contributed by atoms with van der Waals surface area (Å²) in [6.07, 6.45) is 3.20. The topological polar surface area (TPSA) is 52.6 Å². The van der Waals surface area contributed by atoms with Gasteiger partial charge < -0.3 is 9.47 Å². The first kappa shape index (κ1) is 20.4. The van der Waals surface area contributed by atoms with Crippen LogP contribution in [0.3, 0.4) is 0 Å². The molecule has 2 aromatic rings. The van der Waals surface area contributed by atoms with Crippen LogP contribution in [0.2, 0.25) is 5.02 Å². The van der Waals surface area contributed by atoms with Crippen molar-refractivity contribution in [1.82, 2.24) is 0 Å². The molecule has 0 N–H and O–H groups in total. The minimum atomic E-state index is -0.572. The van der Waals surface area contributed by atoms with Crippen LogP contribution in [0.4, 0.5) is 0 Å². The Kier molecular flexibility index (Phi) is 6.40. The summed E-state index contributed by atoms with van der Waals surface area (Å²) in [6.45, 7) is 5.41. The highest BCUT2D eigenvalue weighted by molar-refractivity contribution is 6.31. The normalized spacial score (nSPS) is 12.8. The Bertz CT molecular complexity index is 902. The van der Waals surface area contributed by atoms with Crippen LogP contribution in [-0.2, 0) is 22.4 Å². The van der Waals surface area contributed by atoms with Gasteiger partial charge in [0.1, 0.15) is 5.75 Å². The Balaban J connectivity index is 1.55. The van der Waals surface area contributed by atoms with E-state index in [0.717, 1.165) is 30.4 Å². The molecule has 28 heavy (non-hydrogen) atoms. The van der Waals surface area contributed by atoms with Crippen molar-refractivity contribution in [3.63, 3.8) is 0 Å². The Hall–Kier alpha value is -2.33. The lowest BCUT2D eigenvalue weighted by molar-refractivity contribution is -0.144. The Labute approximate surface area is 170 Å². The molecule has 0 heterocycles. The van der Waals surface area contributed by atoms with Crippen LogP contribution in [0, 0.1) is 6.92 Å². The third kappa shape index (κ3) is 4.74. The van der Waals surface area contributed by atoms with E-state index in [2.05, 4.69) is 0 Å². The number of benzene rings is 2. The maximum Gasteiger partial charge on any atom is 0.344 e. The molecule has 0 bridgehead atoms. The summed E-state index contributed by atoms with van der Waals surface area (Å²) >= 11 is 6.19. The average Bonchev–Trinajstić information content (AvgIpc) is 3.14. The number of aryl methyl sites for hydroxylation is 3. The van der Waals surface area contributed by atoms with Gasteiger partial charge in [0, 0.05) is 10.6 Å². The zero-order valence-corrected chi connectivity index (χ0v) is 17.3. The molecule has 0 amide bonds. The molecule has 0 aromatic heterocycles. The van der Waals surface area contributed by atoms with Crippen molar-refractivity contribution in [3.05, 3.63) is 63.2 Å². The van der Waals surface area contributed by atoms with Gasteiger partial charge in [-0.1, -0.05) is 37.6 Å². The van der Waals surface area contributed by atoms with Crippen LogP contribution in [0.1, 0.15) is 58.8 Å². The number of fused-ring (bicyclic) bond motifs is 1. The third-order valence-corrected chi connectivity index (χ3v) is 5.45. The van der Waals surface area contributed by atoms with E-state index in [1.807, 2.05) is 51.1 Å². The number of carbonyl (C=O) groups excluding carboxylic acids is 2. The molecule has 0 saturated heterocycles. The lowest BCUT2D eigenvalue weighted by Crippen LogP contribution is -2.20. The number of rotatable bonds is 7. The Morgan fingerprint density at radius 3 is 2.57 bits per heavy atom. The molecular formula is C23H25ClO4. The fourth-order valence-corrected chi connectivity index (χ4v) is 3.57. The minimum absolute atomic E-state index is 0.200. The molecule has 5 heteroatoms.